The van der Waals surface area contributed by atoms with Crippen molar-refractivity contribution >= 4 is 40.5 Å². The normalized spacial score (nSPS) is 23.1. The average molecular weight is 654 g/mol. The van der Waals surface area contributed by atoms with Crippen LogP contribution in [0.2, 0.25) is 0 Å². The molecule has 4 amide bonds. The summed E-state index contributed by atoms with van der Waals surface area (Å²) < 4.78 is 6.77. The highest BCUT2D eigenvalue weighted by Crippen LogP contribution is 2.24. The molecule has 12 nitrogen and oxygen atoms in total. The number of benzene rings is 1. The van der Waals surface area contributed by atoms with Crippen LogP contribution in [0.15, 0.2) is 30.5 Å². The summed E-state index contributed by atoms with van der Waals surface area (Å²) in [5.74, 6) is -2.01. The summed E-state index contributed by atoms with van der Waals surface area (Å²) in [6.45, 7) is 6.61. The Labute approximate surface area is 277 Å². The van der Waals surface area contributed by atoms with Gasteiger partial charge in [-0.15, -0.1) is 0 Å². The number of esters is 1. The molecule has 5 atom stereocenters. The maximum absolute atomic E-state index is 14.1. The third kappa shape index (κ3) is 9.04. The molecule has 0 aliphatic carbocycles. The zero-order valence-electron chi connectivity index (χ0n) is 28.2. The molecule has 2 aliphatic heterocycles. The quantitative estimate of drug-likeness (QED) is 0.222. The van der Waals surface area contributed by atoms with Gasteiger partial charge in [-0.1, -0.05) is 58.2 Å². The van der Waals surface area contributed by atoms with Crippen molar-refractivity contribution in [1.82, 2.24) is 25.6 Å². The van der Waals surface area contributed by atoms with Crippen LogP contribution in [0.5, 0.6) is 0 Å². The summed E-state index contributed by atoms with van der Waals surface area (Å²) in [6.07, 6.45) is 7.79. The average Bonchev–Trinajstić information content (AvgIpc) is 3.44. The van der Waals surface area contributed by atoms with E-state index in [0.717, 1.165) is 35.7 Å². The molecule has 0 bridgehead atoms. The van der Waals surface area contributed by atoms with E-state index in [4.69, 9.17) is 9.57 Å². The zero-order chi connectivity index (χ0) is 33.9. The monoisotopic (exact) mass is 653 g/mol. The number of aromatic nitrogens is 1. The lowest BCUT2D eigenvalue weighted by molar-refractivity contribution is -0.147. The smallest absolute Gasteiger partial charge is 0.305 e. The highest BCUT2D eigenvalue weighted by molar-refractivity contribution is 5.98. The number of hydrogen-bond donors (Lipinski definition) is 3. The van der Waals surface area contributed by atoms with Crippen molar-refractivity contribution in [2.45, 2.75) is 116 Å². The van der Waals surface area contributed by atoms with Crippen LogP contribution in [0.4, 0.5) is 0 Å². The van der Waals surface area contributed by atoms with Gasteiger partial charge in [0.1, 0.15) is 31.3 Å². The van der Waals surface area contributed by atoms with Gasteiger partial charge >= 0.3 is 5.97 Å². The van der Waals surface area contributed by atoms with Gasteiger partial charge in [0, 0.05) is 31.0 Å². The van der Waals surface area contributed by atoms with E-state index in [0.29, 0.717) is 51.7 Å². The number of para-hydroxylation sites is 1. The Kier molecular flexibility index (Phi) is 13.1. The van der Waals surface area contributed by atoms with Crippen LogP contribution in [0, 0.1) is 5.92 Å². The van der Waals surface area contributed by atoms with E-state index < -0.39 is 36.0 Å². The Hall–Kier alpha value is -4.09. The highest BCUT2D eigenvalue weighted by atomic mass is 16.6. The molecule has 47 heavy (non-hydrogen) atoms. The predicted molar refractivity (Wildman–Crippen MR) is 177 cm³/mol. The lowest BCUT2D eigenvalue weighted by atomic mass is 9.93. The molecule has 2 saturated heterocycles. The van der Waals surface area contributed by atoms with Gasteiger partial charge in [-0.2, -0.15) is 4.73 Å². The molecule has 2 fully saturated rings. The van der Waals surface area contributed by atoms with Gasteiger partial charge in [0.25, 0.3) is 0 Å². The second-order valence-electron chi connectivity index (χ2n) is 12.7. The Balaban J connectivity index is 1.62. The lowest BCUT2D eigenvalue weighted by Gasteiger charge is -2.39. The van der Waals surface area contributed by atoms with E-state index >= 15 is 0 Å². The molecule has 12 heteroatoms. The molecule has 0 unspecified atom stereocenters. The van der Waals surface area contributed by atoms with Crippen LogP contribution < -0.4 is 20.8 Å². The molecule has 0 saturated carbocycles. The minimum absolute atomic E-state index is 0.142. The van der Waals surface area contributed by atoms with Crippen LogP contribution in [-0.4, -0.2) is 83.7 Å². The fraction of sp³-hybridized carbons (Fsp3) is 0.629. The number of carbonyl (C=O) groups excluding carboxylic acids is 5. The second kappa shape index (κ2) is 17.2. The van der Waals surface area contributed by atoms with Crippen molar-refractivity contribution in [3.8, 4) is 0 Å². The summed E-state index contributed by atoms with van der Waals surface area (Å²) in [6, 6.07) is 4.11. The first-order chi connectivity index (χ1) is 22.7. The van der Waals surface area contributed by atoms with Gasteiger partial charge < -0.3 is 30.4 Å². The molecule has 3 heterocycles. The van der Waals surface area contributed by atoms with Crippen molar-refractivity contribution in [2.75, 3.05) is 20.3 Å². The molecule has 3 N–H and O–H groups in total. The third-order valence-corrected chi connectivity index (χ3v) is 9.35. The van der Waals surface area contributed by atoms with Crippen LogP contribution >= 0.6 is 0 Å². The minimum atomic E-state index is -1.03. The largest absolute Gasteiger partial charge is 0.466 e. The lowest BCUT2D eigenvalue weighted by Crippen LogP contribution is -2.64. The van der Waals surface area contributed by atoms with Gasteiger partial charge in [0.05, 0.1) is 12.1 Å². The van der Waals surface area contributed by atoms with Gasteiger partial charge in [0.2, 0.25) is 23.6 Å². The summed E-state index contributed by atoms with van der Waals surface area (Å²) in [7, 11) is 1.55. The maximum Gasteiger partial charge on any atom is 0.305 e. The first kappa shape index (κ1) is 35.8. The molecule has 0 radical (unpaired) electrons. The van der Waals surface area contributed by atoms with Gasteiger partial charge in [-0.3, -0.25) is 24.0 Å². The highest BCUT2D eigenvalue weighted by Gasteiger charge is 2.40. The first-order valence-electron chi connectivity index (χ1n) is 17.2. The Morgan fingerprint density at radius 3 is 2.45 bits per heavy atom. The zero-order valence-corrected chi connectivity index (χ0v) is 28.2. The summed E-state index contributed by atoms with van der Waals surface area (Å²) >= 11 is 0. The SMILES string of the molecule is CCCOC(=O)CCCCC[C@@H]1NC(=O)[C@H]2CCCCN2C(=O)[C@H]([C@@H](C)CC)NC(=O)[C@H](Cc2cn(OC)c3ccccc23)NC1=O. The van der Waals surface area contributed by atoms with Crippen LogP contribution in [0.1, 0.15) is 90.5 Å². The fourth-order valence-corrected chi connectivity index (χ4v) is 6.44. The molecule has 2 aliphatic rings. The number of nitrogens with zero attached hydrogens (tertiary/aromatic N) is 2. The van der Waals surface area contributed by atoms with E-state index in [1.54, 1.807) is 22.9 Å². The van der Waals surface area contributed by atoms with E-state index in [1.165, 1.54) is 0 Å². The van der Waals surface area contributed by atoms with E-state index in [9.17, 15) is 24.0 Å². The third-order valence-electron chi connectivity index (χ3n) is 9.35. The standard InChI is InChI=1S/C35H51N5O7/c1-5-20-47-30(41)18-9-7-8-15-26-32(42)37-27(21-24-22-40(46-4)28-16-11-10-14-25(24)28)33(43)38-31(23(3)6-2)35(45)39-19-13-12-17-29(39)34(44)36-26/h10-11,14,16,22-23,26-27,29,31H,5-9,12-13,15,17-21H2,1-4H3,(H,36,44)(H,37,42)(H,38,43)/t23-,26-,27-,29+,31-/m0/s1. The van der Waals surface area contributed by atoms with Crippen molar-refractivity contribution in [1.29, 1.82) is 0 Å². The number of rotatable bonds is 13. The fourth-order valence-electron chi connectivity index (χ4n) is 6.44. The second-order valence-corrected chi connectivity index (χ2v) is 12.7. The molecule has 1 aromatic carbocycles. The van der Waals surface area contributed by atoms with E-state index in [2.05, 4.69) is 16.0 Å². The first-order valence-corrected chi connectivity index (χ1v) is 17.2. The van der Waals surface area contributed by atoms with E-state index in [1.807, 2.05) is 45.0 Å². The van der Waals surface area contributed by atoms with Crippen LogP contribution in [0.3, 0.4) is 0 Å². The van der Waals surface area contributed by atoms with Gasteiger partial charge in [0.15, 0.2) is 0 Å². The molecular weight excluding hydrogens is 602 g/mol. The van der Waals surface area contributed by atoms with Crippen molar-refractivity contribution < 1.29 is 33.5 Å². The molecule has 258 valence electrons. The number of amides is 4. The Morgan fingerprint density at radius 2 is 1.70 bits per heavy atom. The maximum atomic E-state index is 14.1. The van der Waals surface area contributed by atoms with Crippen molar-refractivity contribution in [3.63, 3.8) is 0 Å². The molecule has 0 spiro atoms. The van der Waals surface area contributed by atoms with Crippen LogP contribution in [-0.2, 0) is 35.1 Å². The number of carbonyl (C=O) groups is 5. The topological polar surface area (TPSA) is 148 Å². The Morgan fingerprint density at radius 1 is 0.957 bits per heavy atom. The number of piperidine rings is 1. The van der Waals surface area contributed by atoms with Gasteiger partial charge in [-0.05, 0) is 56.1 Å². The Bertz CT molecular complexity index is 1410. The number of nitrogens with one attached hydrogen (secondary N) is 3. The molecule has 1 aromatic heterocycles. The van der Waals surface area contributed by atoms with Gasteiger partial charge in [-0.25, -0.2) is 0 Å². The van der Waals surface area contributed by atoms with Crippen molar-refractivity contribution in [3.05, 3.63) is 36.0 Å². The summed E-state index contributed by atoms with van der Waals surface area (Å²) in [5.41, 5.74) is 1.60. The minimum Gasteiger partial charge on any atom is -0.466 e. The molecule has 2 aromatic rings. The number of ether oxygens (including phenoxy) is 1. The molecular formula is C35H51N5O7. The van der Waals surface area contributed by atoms with E-state index in [-0.39, 0.29) is 36.5 Å². The number of unbranched alkanes of at least 4 members (excludes halogenated alkanes) is 2. The van der Waals surface area contributed by atoms with Crippen LogP contribution in [0.25, 0.3) is 10.9 Å². The summed E-state index contributed by atoms with van der Waals surface area (Å²) in [5, 5.41) is 9.72. The number of fused-ring (bicyclic) bond motifs is 2. The molecule has 4 rings (SSSR count). The number of hydrogen-bond acceptors (Lipinski definition) is 7. The predicted octanol–water partition coefficient (Wildman–Crippen LogP) is 3.04. The van der Waals surface area contributed by atoms with Crippen molar-refractivity contribution in [2.24, 2.45) is 5.92 Å². The summed E-state index contributed by atoms with van der Waals surface area (Å²) in [4.78, 5) is 74.9.